The summed E-state index contributed by atoms with van der Waals surface area (Å²) in [5, 5.41) is 6.83. The van der Waals surface area contributed by atoms with Gasteiger partial charge in [-0.2, -0.15) is 5.10 Å². The van der Waals surface area contributed by atoms with Gasteiger partial charge in [-0.05, 0) is 32.3 Å². The van der Waals surface area contributed by atoms with Crippen LogP contribution in [0.15, 0.2) is 23.4 Å². The van der Waals surface area contributed by atoms with Crippen LogP contribution in [0.2, 0.25) is 0 Å². The number of anilines is 1. The first-order valence-electron chi connectivity index (χ1n) is 7.26. The van der Waals surface area contributed by atoms with Gasteiger partial charge in [0.1, 0.15) is 16.5 Å². The van der Waals surface area contributed by atoms with Gasteiger partial charge in [-0.1, -0.05) is 0 Å². The zero-order chi connectivity index (χ0) is 15.7. The number of aromatic nitrogens is 4. The zero-order valence-electron chi connectivity index (χ0n) is 12.7. The van der Waals surface area contributed by atoms with Crippen LogP contribution < -0.4 is 4.90 Å². The average molecular weight is 321 g/mol. The number of rotatable bonds is 3. The lowest BCUT2D eigenvalue weighted by Crippen LogP contribution is -2.35. The van der Waals surface area contributed by atoms with Crippen LogP contribution in [0.5, 0.6) is 0 Å². The van der Waals surface area contributed by atoms with E-state index in [1.807, 2.05) is 13.0 Å². The van der Waals surface area contributed by atoms with E-state index in [0.717, 1.165) is 31.6 Å². The normalized spacial score (nSPS) is 19.4. The van der Waals surface area contributed by atoms with Crippen LogP contribution in [0.25, 0.3) is 0 Å². The van der Waals surface area contributed by atoms with Crippen molar-refractivity contribution in [2.24, 2.45) is 0 Å². The Kier molecular flexibility index (Phi) is 3.86. The number of hydrogen-bond acceptors (Lipinski definition) is 6. The third-order valence-electron chi connectivity index (χ3n) is 3.92. The lowest BCUT2D eigenvalue weighted by atomic mass is 9.99. The predicted octanol–water partition coefficient (Wildman–Crippen LogP) is 1.64. The van der Waals surface area contributed by atoms with E-state index >= 15 is 0 Å². The van der Waals surface area contributed by atoms with Gasteiger partial charge < -0.3 is 4.90 Å². The fourth-order valence-electron chi connectivity index (χ4n) is 2.93. The molecule has 7 nitrogen and oxygen atoms in total. The fraction of sp³-hybridized carbons (Fsp3) is 0.500. The highest BCUT2D eigenvalue weighted by Crippen LogP contribution is 2.35. The molecule has 0 spiro atoms. The fourth-order valence-corrected chi connectivity index (χ4v) is 3.75. The summed E-state index contributed by atoms with van der Waals surface area (Å²) >= 11 is 0. The van der Waals surface area contributed by atoms with Crippen molar-refractivity contribution in [3.05, 3.63) is 30.0 Å². The Morgan fingerprint density at radius 1 is 1.36 bits per heavy atom. The summed E-state index contributed by atoms with van der Waals surface area (Å²) in [4.78, 5) is 11.0. The minimum atomic E-state index is -3.31. The Morgan fingerprint density at radius 3 is 2.91 bits per heavy atom. The van der Waals surface area contributed by atoms with E-state index in [2.05, 4.69) is 25.1 Å². The number of piperidine rings is 1. The third-order valence-corrected chi connectivity index (χ3v) is 5.05. The van der Waals surface area contributed by atoms with Gasteiger partial charge in [-0.3, -0.25) is 5.10 Å². The van der Waals surface area contributed by atoms with Gasteiger partial charge in [-0.15, -0.1) is 0 Å². The molecule has 22 heavy (non-hydrogen) atoms. The van der Waals surface area contributed by atoms with Crippen molar-refractivity contribution in [2.75, 3.05) is 17.7 Å². The third kappa shape index (κ3) is 2.83. The molecule has 1 atom stereocenters. The Morgan fingerprint density at radius 2 is 2.18 bits per heavy atom. The number of aromatic amines is 1. The molecule has 8 heteroatoms. The molecule has 1 aliphatic heterocycles. The van der Waals surface area contributed by atoms with E-state index in [1.54, 1.807) is 6.20 Å². The van der Waals surface area contributed by atoms with Gasteiger partial charge >= 0.3 is 0 Å². The second-order valence-electron chi connectivity index (χ2n) is 5.59. The monoisotopic (exact) mass is 321 g/mol. The van der Waals surface area contributed by atoms with Crippen LogP contribution >= 0.6 is 0 Å². The molecule has 2 aromatic heterocycles. The number of H-pyrrole nitrogens is 1. The molecular weight excluding hydrogens is 302 g/mol. The summed E-state index contributed by atoms with van der Waals surface area (Å²) in [6.07, 6.45) is 7.31. The Bertz CT molecular complexity index is 771. The Balaban J connectivity index is 2.03. The largest absolute Gasteiger partial charge is 0.348 e. The SMILES string of the molecule is Cc1nccc(N2CCCC[C@H]2c2[nH]ncc2S(C)(=O)=O)n1. The van der Waals surface area contributed by atoms with Crippen LogP contribution in [-0.2, 0) is 9.84 Å². The highest BCUT2D eigenvalue weighted by molar-refractivity contribution is 7.90. The van der Waals surface area contributed by atoms with E-state index < -0.39 is 9.84 Å². The molecule has 0 aromatic carbocycles. The van der Waals surface area contributed by atoms with Crippen molar-refractivity contribution >= 4 is 15.7 Å². The number of nitrogens with zero attached hydrogens (tertiary/aromatic N) is 4. The summed E-state index contributed by atoms with van der Waals surface area (Å²) in [5.41, 5.74) is 0.651. The molecular formula is C14H19N5O2S. The van der Waals surface area contributed by atoms with Gasteiger partial charge in [0.2, 0.25) is 0 Å². The first-order valence-corrected chi connectivity index (χ1v) is 9.15. The second kappa shape index (κ2) is 5.68. The Hall–Kier alpha value is -1.96. The number of nitrogens with one attached hydrogen (secondary N) is 1. The molecule has 0 amide bonds. The number of sulfone groups is 1. The van der Waals surface area contributed by atoms with Crippen LogP contribution in [0, 0.1) is 6.92 Å². The van der Waals surface area contributed by atoms with Gasteiger partial charge in [-0.25, -0.2) is 18.4 Å². The lowest BCUT2D eigenvalue weighted by Gasteiger charge is -2.36. The average Bonchev–Trinajstić information content (AvgIpc) is 2.97. The standard InChI is InChI=1S/C14H19N5O2S/c1-10-15-7-6-13(17-10)19-8-4-3-5-11(19)14-12(9-16-18-14)22(2,20)21/h6-7,9,11H,3-5,8H2,1-2H3,(H,16,18)/t11-/m0/s1. The molecule has 1 aliphatic rings. The number of hydrogen-bond donors (Lipinski definition) is 1. The molecule has 0 radical (unpaired) electrons. The molecule has 1 N–H and O–H groups in total. The zero-order valence-corrected chi connectivity index (χ0v) is 13.5. The van der Waals surface area contributed by atoms with Gasteiger partial charge in [0.25, 0.3) is 0 Å². The number of aryl methyl sites for hydroxylation is 1. The van der Waals surface area contributed by atoms with E-state index in [0.29, 0.717) is 11.5 Å². The lowest BCUT2D eigenvalue weighted by molar-refractivity contribution is 0.455. The van der Waals surface area contributed by atoms with Crippen molar-refractivity contribution in [1.82, 2.24) is 20.2 Å². The molecule has 3 rings (SSSR count). The van der Waals surface area contributed by atoms with Gasteiger partial charge in [0.15, 0.2) is 9.84 Å². The highest BCUT2D eigenvalue weighted by atomic mass is 32.2. The summed E-state index contributed by atoms with van der Waals surface area (Å²) in [6.45, 7) is 2.68. The molecule has 2 aromatic rings. The van der Waals surface area contributed by atoms with E-state index in [9.17, 15) is 8.42 Å². The smallest absolute Gasteiger partial charge is 0.178 e. The summed E-state index contributed by atoms with van der Waals surface area (Å²) < 4.78 is 23.9. The van der Waals surface area contributed by atoms with Crippen molar-refractivity contribution in [2.45, 2.75) is 37.1 Å². The van der Waals surface area contributed by atoms with Crippen molar-refractivity contribution < 1.29 is 8.42 Å². The molecule has 0 aliphatic carbocycles. The van der Waals surface area contributed by atoms with E-state index in [1.165, 1.54) is 12.5 Å². The summed E-state index contributed by atoms with van der Waals surface area (Å²) in [6, 6.07) is 1.80. The summed E-state index contributed by atoms with van der Waals surface area (Å²) in [7, 11) is -3.31. The molecule has 0 saturated carbocycles. The first kappa shape index (κ1) is 15.0. The van der Waals surface area contributed by atoms with Crippen molar-refractivity contribution in [3.8, 4) is 0 Å². The Labute approximate surface area is 129 Å². The summed E-state index contributed by atoms with van der Waals surface area (Å²) in [5.74, 6) is 1.53. The molecule has 3 heterocycles. The van der Waals surface area contributed by atoms with Crippen molar-refractivity contribution in [3.63, 3.8) is 0 Å². The molecule has 0 bridgehead atoms. The van der Waals surface area contributed by atoms with E-state index in [4.69, 9.17) is 0 Å². The highest BCUT2D eigenvalue weighted by Gasteiger charge is 2.30. The molecule has 1 fully saturated rings. The van der Waals surface area contributed by atoms with E-state index in [-0.39, 0.29) is 10.9 Å². The quantitative estimate of drug-likeness (QED) is 0.924. The maximum absolute atomic E-state index is 12.0. The van der Waals surface area contributed by atoms with Crippen LogP contribution in [0.4, 0.5) is 5.82 Å². The molecule has 1 saturated heterocycles. The molecule has 0 unspecified atom stereocenters. The predicted molar refractivity (Wildman–Crippen MR) is 82.4 cm³/mol. The van der Waals surface area contributed by atoms with Gasteiger partial charge in [0, 0.05) is 19.0 Å². The maximum Gasteiger partial charge on any atom is 0.178 e. The van der Waals surface area contributed by atoms with Crippen LogP contribution in [0.3, 0.4) is 0 Å². The molecule has 118 valence electrons. The minimum absolute atomic E-state index is 0.0599. The maximum atomic E-state index is 12.0. The van der Waals surface area contributed by atoms with Crippen molar-refractivity contribution in [1.29, 1.82) is 0 Å². The minimum Gasteiger partial charge on any atom is -0.348 e. The topological polar surface area (TPSA) is 91.8 Å². The first-order chi connectivity index (χ1) is 10.5. The van der Waals surface area contributed by atoms with Crippen LogP contribution in [0.1, 0.15) is 36.8 Å². The van der Waals surface area contributed by atoms with Crippen LogP contribution in [-0.4, -0.2) is 41.4 Å². The van der Waals surface area contributed by atoms with Gasteiger partial charge in [0.05, 0.1) is 17.9 Å². The second-order valence-corrected chi connectivity index (χ2v) is 7.57.